The van der Waals surface area contributed by atoms with Crippen LogP contribution >= 0.6 is 0 Å². The summed E-state index contributed by atoms with van der Waals surface area (Å²) in [4.78, 5) is 36.7. The van der Waals surface area contributed by atoms with Gasteiger partial charge in [-0.1, -0.05) is 90.5 Å². The molecule has 10 heteroatoms. The fourth-order valence-corrected chi connectivity index (χ4v) is 6.22. The number of hydrogen-bond donors (Lipinski definition) is 3. The number of hydrogen-bond acceptors (Lipinski definition) is 7. The summed E-state index contributed by atoms with van der Waals surface area (Å²) in [6.07, 6.45) is 11.6. The predicted molar refractivity (Wildman–Crippen MR) is 210 cm³/mol. The van der Waals surface area contributed by atoms with Crippen LogP contribution in [0.2, 0.25) is 0 Å². The zero-order valence-electron chi connectivity index (χ0n) is 32.0. The highest BCUT2D eigenvalue weighted by molar-refractivity contribution is 6.02. The standard InChI is InChI=1S/C35H43FN4O3.C4H8.C3H6O2/c1-5-8-12-22(7-3)20-39-31-28(36)19-26-32-34(31)43-30-18-24-14-10-9-13-23(24)17-29(30)40(32)21-27(33(26)41)35(42)38-16-15-25(37-4)11-6-2;1-4-2-3-4;1-3(4)5-2/h9-10,13-14,17-19,21-22,25,37,39H,5-8,11-12,15-16,20H2,1-4H3,(H,38,42);4H,2-3H2,1H3;1-2H3. The number of amides is 1. The number of pyridine rings is 1. The van der Waals surface area contributed by atoms with Crippen LogP contribution in [0.5, 0.6) is 11.5 Å². The number of fused-ring (bicyclic) bond motifs is 3. The van der Waals surface area contributed by atoms with Crippen LogP contribution in [0.4, 0.5) is 10.1 Å². The van der Waals surface area contributed by atoms with E-state index in [0.29, 0.717) is 36.0 Å². The van der Waals surface area contributed by atoms with Crippen LogP contribution in [0.15, 0.2) is 53.5 Å². The molecule has 282 valence electrons. The van der Waals surface area contributed by atoms with E-state index in [9.17, 15) is 14.4 Å². The fourth-order valence-electron chi connectivity index (χ4n) is 6.22. The van der Waals surface area contributed by atoms with Gasteiger partial charge in [-0.3, -0.25) is 14.4 Å². The molecular weight excluding hydrogens is 659 g/mol. The van der Waals surface area contributed by atoms with Gasteiger partial charge in [0.05, 0.1) is 18.2 Å². The van der Waals surface area contributed by atoms with Gasteiger partial charge in [0.25, 0.3) is 5.91 Å². The maximum atomic E-state index is 15.9. The zero-order chi connectivity index (χ0) is 37.8. The van der Waals surface area contributed by atoms with Crippen molar-refractivity contribution in [3.8, 4) is 17.2 Å². The first-order valence-corrected chi connectivity index (χ1v) is 18.9. The number of halogens is 1. The Labute approximate surface area is 307 Å². The summed E-state index contributed by atoms with van der Waals surface area (Å²) in [6, 6.07) is 13.3. The van der Waals surface area contributed by atoms with Crippen LogP contribution in [0, 0.1) is 17.7 Å². The van der Waals surface area contributed by atoms with E-state index in [1.54, 1.807) is 6.20 Å². The molecule has 1 aliphatic carbocycles. The molecule has 1 fully saturated rings. The lowest BCUT2D eigenvalue weighted by Gasteiger charge is -2.27. The first-order chi connectivity index (χ1) is 25.1. The molecule has 6 rings (SSSR count). The second kappa shape index (κ2) is 19.4. The van der Waals surface area contributed by atoms with Crippen LogP contribution in [0.3, 0.4) is 0 Å². The molecule has 2 atom stereocenters. The average molecular weight is 717 g/mol. The molecule has 2 aliphatic rings. The Hall–Kier alpha value is -4.44. The molecule has 1 amide bonds. The topological polar surface area (TPSA) is 111 Å². The van der Waals surface area contributed by atoms with Crippen molar-refractivity contribution in [1.82, 2.24) is 15.2 Å². The molecule has 0 saturated heterocycles. The summed E-state index contributed by atoms with van der Waals surface area (Å²) >= 11 is 0. The molecule has 52 heavy (non-hydrogen) atoms. The summed E-state index contributed by atoms with van der Waals surface area (Å²) in [6.45, 7) is 11.1. The van der Waals surface area contributed by atoms with Crippen LogP contribution in [-0.4, -0.2) is 49.7 Å². The number of methoxy groups -OCH3 is 1. The average Bonchev–Trinajstić information content (AvgIpc) is 3.94. The summed E-state index contributed by atoms with van der Waals surface area (Å²) in [7, 11) is 3.26. The van der Waals surface area contributed by atoms with Gasteiger partial charge in [0.1, 0.15) is 16.8 Å². The second-order valence-electron chi connectivity index (χ2n) is 14.0. The van der Waals surface area contributed by atoms with E-state index in [1.165, 1.54) is 32.9 Å². The summed E-state index contributed by atoms with van der Waals surface area (Å²) in [5.74, 6) is 0.978. The minimum absolute atomic E-state index is 0.0262. The summed E-state index contributed by atoms with van der Waals surface area (Å²) in [5.41, 5.74) is 0.835. The molecule has 3 N–H and O–H groups in total. The molecule has 4 aromatic rings. The van der Waals surface area contributed by atoms with Crippen molar-refractivity contribution >= 4 is 39.2 Å². The number of aromatic nitrogens is 1. The van der Waals surface area contributed by atoms with Gasteiger partial charge in [0.2, 0.25) is 5.43 Å². The number of carbonyl (C=O) groups is 2. The van der Waals surface area contributed by atoms with Crippen molar-refractivity contribution in [1.29, 1.82) is 0 Å². The Morgan fingerprint density at radius 1 is 1.04 bits per heavy atom. The highest BCUT2D eigenvalue weighted by Gasteiger charge is 2.29. The van der Waals surface area contributed by atoms with Crippen LogP contribution in [0.1, 0.15) is 103 Å². The molecule has 0 bridgehead atoms. The predicted octanol–water partition coefficient (Wildman–Crippen LogP) is 9.12. The molecule has 0 radical (unpaired) electrons. The Morgan fingerprint density at radius 3 is 2.29 bits per heavy atom. The Bertz CT molecular complexity index is 1890. The molecule has 1 aromatic heterocycles. The molecule has 1 aliphatic heterocycles. The maximum absolute atomic E-state index is 15.9. The number of ether oxygens (including phenoxy) is 2. The normalized spacial score (nSPS) is 13.8. The van der Waals surface area contributed by atoms with Gasteiger partial charge < -0.3 is 30.0 Å². The SMILES string of the molecule is CC1CC1.CCCCC(CC)CNc1c(F)cc2c(=O)c(C(=O)NCCC(CCC)NC)cn3c2c1Oc1cc2ccccc2cc1-3.COC(C)=O. The Morgan fingerprint density at radius 2 is 1.71 bits per heavy atom. The fraction of sp³-hybridized carbons (Fsp3) is 0.500. The highest BCUT2D eigenvalue weighted by Crippen LogP contribution is 2.46. The third-order valence-corrected chi connectivity index (χ3v) is 9.83. The molecule has 2 unspecified atom stereocenters. The molecule has 1 saturated carbocycles. The number of unbranched alkanes of at least 4 members (excludes halogenated alkanes) is 1. The minimum Gasteiger partial charge on any atom is -0.469 e. The van der Waals surface area contributed by atoms with Crippen molar-refractivity contribution in [3.63, 3.8) is 0 Å². The third kappa shape index (κ3) is 10.3. The van der Waals surface area contributed by atoms with Gasteiger partial charge in [-0.05, 0) is 67.1 Å². The van der Waals surface area contributed by atoms with Gasteiger partial charge in [-0.2, -0.15) is 0 Å². The quantitative estimate of drug-likeness (QED) is 0.0984. The summed E-state index contributed by atoms with van der Waals surface area (Å²) in [5, 5.41) is 11.6. The van der Waals surface area contributed by atoms with Gasteiger partial charge in [-0.15, -0.1) is 0 Å². The first-order valence-electron chi connectivity index (χ1n) is 18.9. The van der Waals surface area contributed by atoms with Gasteiger partial charge in [0.15, 0.2) is 17.3 Å². The van der Waals surface area contributed by atoms with Crippen LogP contribution in [0.25, 0.3) is 27.4 Å². The molecule has 3 aromatic carbocycles. The van der Waals surface area contributed by atoms with E-state index in [0.717, 1.165) is 61.6 Å². The first kappa shape index (κ1) is 40.3. The van der Waals surface area contributed by atoms with E-state index in [4.69, 9.17) is 4.74 Å². The van der Waals surface area contributed by atoms with E-state index in [-0.39, 0.29) is 34.4 Å². The lowest BCUT2D eigenvalue weighted by atomic mass is 9.99. The minimum atomic E-state index is -0.574. The van der Waals surface area contributed by atoms with E-state index in [2.05, 4.69) is 48.4 Å². The van der Waals surface area contributed by atoms with Crippen LogP contribution < -0.4 is 26.1 Å². The van der Waals surface area contributed by atoms with Crippen molar-refractivity contribution in [2.24, 2.45) is 11.8 Å². The van der Waals surface area contributed by atoms with Crippen molar-refractivity contribution in [2.75, 3.05) is 32.6 Å². The third-order valence-electron chi connectivity index (χ3n) is 9.83. The molecular formula is C42H57FN4O5. The Kier molecular flexibility index (Phi) is 15.1. The van der Waals surface area contributed by atoms with Crippen LogP contribution in [-0.2, 0) is 9.53 Å². The number of rotatable bonds is 14. The van der Waals surface area contributed by atoms with Crippen molar-refractivity contribution in [2.45, 2.75) is 98.4 Å². The van der Waals surface area contributed by atoms with Crippen molar-refractivity contribution in [3.05, 3.63) is 70.3 Å². The maximum Gasteiger partial charge on any atom is 0.302 e. The monoisotopic (exact) mass is 716 g/mol. The number of nitrogens with one attached hydrogen (secondary N) is 3. The summed E-state index contributed by atoms with van der Waals surface area (Å²) < 4.78 is 28.2. The second-order valence-corrected chi connectivity index (χ2v) is 14.0. The smallest absolute Gasteiger partial charge is 0.302 e. The Balaban J connectivity index is 0.000000593. The lowest BCUT2D eigenvalue weighted by Crippen LogP contribution is -2.34. The zero-order valence-corrected chi connectivity index (χ0v) is 32.0. The number of esters is 1. The highest BCUT2D eigenvalue weighted by atomic mass is 19.1. The molecule has 0 spiro atoms. The van der Waals surface area contributed by atoms with E-state index in [1.807, 2.05) is 48.0 Å². The number of anilines is 1. The van der Waals surface area contributed by atoms with Gasteiger partial charge >= 0.3 is 5.97 Å². The van der Waals surface area contributed by atoms with E-state index < -0.39 is 17.2 Å². The number of benzene rings is 3. The largest absolute Gasteiger partial charge is 0.469 e. The lowest BCUT2D eigenvalue weighted by molar-refractivity contribution is -0.137. The van der Waals surface area contributed by atoms with Gasteiger partial charge in [0, 0.05) is 32.3 Å². The van der Waals surface area contributed by atoms with Gasteiger partial charge in [-0.25, -0.2) is 4.39 Å². The van der Waals surface area contributed by atoms with E-state index >= 15 is 4.39 Å². The molecule has 9 nitrogen and oxygen atoms in total. The van der Waals surface area contributed by atoms with Crippen molar-refractivity contribution < 1.29 is 23.5 Å². The number of carbonyl (C=O) groups excluding carboxylic acids is 2. The number of nitrogens with zero attached hydrogens (tertiary/aromatic N) is 1. The molecule has 2 heterocycles.